The van der Waals surface area contributed by atoms with Crippen molar-refractivity contribution in [1.82, 2.24) is 19.7 Å². The molecule has 0 saturated heterocycles. The Morgan fingerprint density at radius 3 is 2.94 bits per heavy atom. The average molecular weight is 307 g/mol. The van der Waals surface area contributed by atoms with Crippen molar-refractivity contribution in [2.75, 3.05) is 7.11 Å². The fourth-order valence-electron chi connectivity index (χ4n) is 1.98. The van der Waals surface area contributed by atoms with Crippen LogP contribution in [0.1, 0.15) is 0 Å². The second-order valence-corrected chi connectivity index (χ2v) is 4.80. The molecule has 0 amide bonds. The maximum atomic E-state index is 5.33. The number of fused-ring (bicyclic) bond motifs is 1. The van der Waals surface area contributed by atoms with Gasteiger partial charge in [-0.05, 0) is 22.0 Å². The van der Waals surface area contributed by atoms with Gasteiger partial charge >= 0.3 is 0 Å². The molecule has 0 aliphatic heterocycles. The Hall–Kier alpha value is -1.82. The van der Waals surface area contributed by atoms with E-state index in [1.54, 1.807) is 18.0 Å². The maximum Gasteiger partial charge on any atom is 0.224 e. The highest BCUT2D eigenvalue weighted by Crippen LogP contribution is 2.36. The van der Waals surface area contributed by atoms with E-state index in [0.29, 0.717) is 5.88 Å². The number of H-pyrrole nitrogens is 1. The molecule has 0 unspecified atom stereocenters. The first-order valence-electron chi connectivity index (χ1n) is 5.40. The number of aromatic amines is 1. The molecule has 0 aliphatic rings. The van der Waals surface area contributed by atoms with Gasteiger partial charge in [0, 0.05) is 35.5 Å². The van der Waals surface area contributed by atoms with Gasteiger partial charge in [-0.2, -0.15) is 5.10 Å². The number of halogens is 1. The Kier molecular flexibility index (Phi) is 2.59. The van der Waals surface area contributed by atoms with Gasteiger partial charge in [-0.15, -0.1) is 0 Å². The second-order valence-electron chi connectivity index (χ2n) is 3.94. The van der Waals surface area contributed by atoms with E-state index in [1.807, 2.05) is 25.5 Å². The van der Waals surface area contributed by atoms with E-state index in [2.05, 4.69) is 31.0 Å². The number of pyridine rings is 1. The molecular weight excluding hydrogens is 296 g/mol. The second kappa shape index (κ2) is 4.13. The molecule has 3 heterocycles. The number of aromatic nitrogens is 4. The molecule has 0 aliphatic carbocycles. The Balaban J connectivity index is 2.36. The van der Waals surface area contributed by atoms with Crippen LogP contribution in [0.2, 0.25) is 0 Å². The van der Waals surface area contributed by atoms with Crippen LogP contribution in [0.4, 0.5) is 0 Å². The minimum Gasteiger partial charge on any atom is -0.480 e. The van der Waals surface area contributed by atoms with Crippen LogP contribution in [0.5, 0.6) is 5.88 Å². The highest BCUT2D eigenvalue weighted by Gasteiger charge is 2.16. The van der Waals surface area contributed by atoms with Gasteiger partial charge in [0.25, 0.3) is 0 Å². The van der Waals surface area contributed by atoms with Crippen molar-refractivity contribution in [2.45, 2.75) is 0 Å². The van der Waals surface area contributed by atoms with E-state index in [1.165, 1.54) is 0 Å². The van der Waals surface area contributed by atoms with E-state index in [-0.39, 0.29) is 0 Å². The van der Waals surface area contributed by atoms with Crippen molar-refractivity contribution in [3.05, 3.63) is 29.1 Å². The van der Waals surface area contributed by atoms with Gasteiger partial charge < -0.3 is 9.72 Å². The van der Waals surface area contributed by atoms with Crippen LogP contribution in [0.3, 0.4) is 0 Å². The normalized spacial score (nSPS) is 11.1. The predicted molar refractivity (Wildman–Crippen MR) is 72.5 cm³/mol. The van der Waals surface area contributed by atoms with Crippen molar-refractivity contribution < 1.29 is 4.74 Å². The molecule has 0 bridgehead atoms. The number of hydrogen-bond donors (Lipinski definition) is 1. The molecule has 1 N–H and O–H groups in total. The molecule has 18 heavy (non-hydrogen) atoms. The summed E-state index contributed by atoms with van der Waals surface area (Å²) in [5.41, 5.74) is 2.68. The molecular formula is C12H11BrN4O. The number of methoxy groups -OCH3 is 1. The predicted octanol–water partition coefficient (Wildman–Crippen LogP) is 2.73. The summed E-state index contributed by atoms with van der Waals surface area (Å²) in [6, 6.07) is 1.94. The minimum absolute atomic E-state index is 0.565. The van der Waals surface area contributed by atoms with Crippen LogP contribution in [-0.2, 0) is 7.05 Å². The fourth-order valence-corrected chi connectivity index (χ4v) is 2.39. The van der Waals surface area contributed by atoms with E-state index >= 15 is 0 Å². The van der Waals surface area contributed by atoms with Crippen molar-refractivity contribution >= 4 is 26.8 Å². The average Bonchev–Trinajstić information content (AvgIpc) is 2.95. The molecule has 0 spiro atoms. The Bertz CT molecular complexity index is 716. The lowest BCUT2D eigenvalue weighted by Crippen LogP contribution is -1.94. The molecule has 3 rings (SSSR count). The number of hydrogen-bond acceptors (Lipinski definition) is 3. The van der Waals surface area contributed by atoms with Crippen LogP contribution in [-0.4, -0.2) is 26.9 Å². The molecule has 0 atom stereocenters. The number of rotatable bonds is 2. The lowest BCUT2D eigenvalue weighted by atomic mass is 10.1. The summed E-state index contributed by atoms with van der Waals surface area (Å²) in [6.07, 6.45) is 5.56. The molecule has 0 aromatic carbocycles. The summed E-state index contributed by atoms with van der Waals surface area (Å²) >= 11 is 3.49. The molecule has 6 heteroatoms. The quantitative estimate of drug-likeness (QED) is 0.792. The van der Waals surface area contributed by atoms with Crippen LogP contribution >= 0.6 is 15.9 Å². The topological polar surface area (TPSA) is 55.7 Å². The zero-order valence-corrected chi connectivity index (χ0v) is 11.5. The van der Waals surface area contributed by atoms with Crippen molar-refractivity contribution in [3.8, 4) is 17.1 Å². The highest BCUT2D eigenvalue weighted by molar-refractivity contribution is 9.10. The van der Waals surface area contributed by atoms with Gasteiger partial charge in [-0.3, -0.25) is 4.68 Å². The Morgan fingerprint density at radius 2 is 2.28 bits per heavy atom. The van der Waals surface area contributed by atoms with Gasteiger partial charge in [0.2, 0.25) is 5.88 Å². The Labute approximate surface area is 112 Å². The number of nitrogens with zero attached hydrogens (tertiary/aromatic N) is 3. The van der Waals surface area contributed by atoms with Crippen LogP contribution in [0, 0.1) is 0 Å². The summed E-state index contributed by atoms with van der Waals surface area (Å²) in [7, 11) is 3.49. The third kappa shape index (κ3) is 1.60. The minimum atomic E-state index is 0.565. The molecule has 92 valence electrons. The van der Waals surface area contributed by atoms with Gasteiger partial charge in [0.1, 0.15) is 0 Å². The van der Waals surface area contributed by atoms with Crippen molar-refractivity contribution in [3.63, 3.8) is 0 Å². The third-order valence-electron chi connectivity index (χ3n) is 2.81. The summed E-state index contributed by atoms with van der Waals surface area (Å²) in [6.45, 7) is 0. The number of aryl methyl sites for hydroxylation is 1. The molecule has 0 saturated carbocycles. The first-order valence-corrected chi connectivity index (χ1v) is 6.19. The zero-order chi connectivity index (χ0) is 12.7. The van der Waals surface area contributed by atoms with Crippen LogP contribution < -0.4 is 4.74 Å². The molecule has 0 fully saturated rings. The first-order chi connectivity index (χ1) is 8.70. The summed E-state index contributed by atoms with van der Waals surface area (Å²) < 4.78 is 8.06. The van der Waals surface area contributed by atoms with Gasteiger partial charge in [-0.25, -0.2) is 4.98 Å². The van der Waals surface area contributed by atoms with E-state index in [0.717, 1.165) is 26.6 Å². The first kappa shape index (κ1) is 11.3. The van der Waals surface area contributed by atoms with Gasteiger partial charge in [-0.1, -0.05) is 0 Å². The fraction of sp³-hybridized carbons (Fsp3) is 0.167. The number of ether oxygens (including phenoxy) is 1. The smallest absolute Gasteiger partial charge is 0.224 e. The van der Waals surface area contributed by atoms with E-state index < -0.39 is 0 Å². The largest absolute Gasteiger partial charge is 0.480 e. The van der Waals surface area contributed by atoms with Crippen molar-refractivity contribution in [2.24, 2.45) is 7.05 Å². The van der Waals surface area contributed by atoms with E-state index in [4.69, 9.17) is 4.74 Å². The van der Waals surface area contributed by atoms with Crippen molar-refractivity contribution in [1.29, 1.82) is 0 Å². The highest BCUT2D eigenvalue weighted by atomic mass is 79.9. The monoisotopic (exact) mass is 306 g/mol. The summed E-state index contributed by atoms with van der Waals surface area (Å²) in [5.74, 6) is 0.565. The standard InChI is InChI=1S/C12H11BrN4O/c1-17-4-3-9(16-17)10-11-7(8(13)6-14-11)5-15-12(10)18-2/h3-6,14H,1-2H3. The third-order valence-corrected chi connectivity index (χ3v) is 3.46. The lowest BCUT2D eigenvalue weighted by molar-refractivity contribution is 0.400. The summed E-state index contributed by atoms with van der Waals surface area (Å²) in [5, 5.41) is 5.42. The zero-order valence-electron chi connectivity index (χ0n) is 9.94. The van der Waals surface area contributed by atoms with Gasteiger partial charge in [0.05, 0.1) is 23.9 Å². The number of nitrogens with one attached hydrogen (secondary N) is 1. The van der Waals surface area contributed by atoms with Crippen LogP contribution in [0.15, 0.2) is 29.1 Å². The summed E-state index contributed by atoms with van der Waals surface area (Å²) in [4.78, 5) is 7.55. The molecule has 0 radical (unpaired) electrons. The maximum absolute atomic E-state index is 5.33. The molecule has 3 aromatic rings. The SMILES string of the molecule is COc1ncc2c(Br)c[nH]c2c1-c1ccn(C)n1. The molecule has 5 nitrogen and oxygen atoms in total. The lowest BCUT2D eigenvalue weighted by Gasteiger charge is -2.06. The van der Waals surface area contributed by atoms with E-state index in [9.17, 15) is 0 Å². The van der Waals surface area contributed by atoms with Gasteiger partial charge in [0.15, 0.2) is 0 Å². The molecule has 3 aromatic heterocycles. The Morgan fingerprint density at radius 1 is 1.44 bits per heavy atom. The van der Waals surface area contributed by atoms with Crippen LogP contribution in [0.25, 0.3) is 22.2 Å².